The summed E-state index contributed by atoms with van der Waals surface area (Å²) in [7, 11) is 0. The molecule has 4 nitrogen and oxygen atoms in total. The van der Waals surface area contributed by atoms with Gasteiger partial charge < -0.3 is 10.0 Å². The number of aliphatic carboxylic acids is 1. The molecular formula is C10H17NO3. The van der Waals surface area contributed by atoms with E-state index in [0.717, 1.165) is 6.42 Å². The summed E-state index contributed by atoms with van der Waals surface area (Å²) in [5.74, 6) is -1.42. The molecule has 1 N–H and O–H groups in total. The Morgan fingerprint density at radius 3 is 2.64 bits per heavy atom. The Labute approximate surface area is 83.9 Å². The average molecular weight is 199 g/mol. The molecule has 0 saturated carbocycles. The van der Waals surface area contributed by atoms with Crippen molar-refractivity contribution in [3.8, 4) is 0 Å². The number of nitrogens with zero attached hydrogens (tertiary/aromatic N) is 1. The number of carboxylic acid groups (broad SMARTS) is 1. The van der Waals surface area contributed by atoms with E-state index in [4.69, 9.17) is 5.11 Å². The van der Waals surface area contributed by atoms with Gasteiger partial charge in [-0.2, -0.15) is 0 Å². The molecule has 1 saturated heterocycles. The van der Waals surface area contributed by atoms with Crippen molar-refractivity contribution in [2.45, 2.75) is 45.7 Å². The summed E-state index contributed by atoms with van der Waals surface area (Å²) in [6, 6.07) is -0.0307. The minimum atomic E-state index is -0.864. The summed E-state index contributed by atoms with van der Waals surface area (Å²) in [6.45, 7) is 5.77. The molecule has 0 aromatic rings. The average Bonchev–Trinajstić information content (AvgIpc) is 2.41. The molecule has 0 spiro atoms. The van der Waals surface area contributed by atoms with Gasteiger partial charge >= 0.3 is 5.97 Å². The zero-order valence-electron chi connectivity index (χ0n) is 8.86. The second-order valence-electron chi connectivity index (χ2n) is 3.95. The van der Waals surface area contributed by atoms with E-state index in [1.54, 1.807) is 4.90 Å². The third-order valence-electron chi connectivity index (χ3n) is 3.09. The van der Waals surface area contributed by atoms with Crippen molar-refractivity contribution in [2.24, 2.45) is 5.92 Å². The van der Waals surface area contributed by atoms with Gasteiger partial charge in [0.25, 0.3) is 0 Å². The molecule has 1 heterocycles. The second-order valence-corrected chi connectivity index (χ2v) is 3.95. The maximum Gasteiger partial charge on any atom is 0.309 e. The standard InChI is InChI=1S/C10H17NO3/c1-4-6(2)11-7(3)8(10(13)14)5-9(11)12/h6-8H,4-5H2,1-3H3,(H,13,14). The van der Waals surface area contributed by atoms with Crippen molar-refractivity contribution in [3.05, 3.63) is 0 Å². The number of rotatable bonds is 3. The molecule has 3 atom stereocenters. The van der Waals surface area contributed by atoms with Gasteiger partial charge in [-0.3, -0.25) is 9.59 Å². The SMILES string of the molecule is CCC(C)N1C(=O)CC(C(=O)O)C1C. The molecule has 14 heavy (non-hydrogen) atoms. The number of hydrogen-bond donors (Lipinski definition) is 1. The first-order chi connectivity index (χ1) is 6.49. The van der Waals surface area contributed by atoms with E-state index in [2.05, 4.69) is 0 Å². The number of likely N-dealkylation sites (tertiary alicyclic amines) is 1. The van der Waals surface area contributed by atoms with Crippen LogP contribution in [0.5, 0.6) is 0 Å². The highest BCUT2D eigenvalue weighted by Gasteiger charge is 2.42. The first-order valence-electron chi connectivity index (χ1n) is 5.03. The third-order valence-corrected chi connectivity index (χ3v) is 3.09. The van der Waals surface area contributed by atoms with E-state index in [0.29, 0.717) is 0 Å². The predicted molar refractivity (Wildman–Crippen MR) is 51.8 cm³/mol. The van der Waals surface area contributed by atoms with Gasteiger partial charge in [-0.05, 0) is 20.3 Å². The van der Waals surface area contributed by atoms with Crippen LogP contribution in [-0.4, -0.2) is 34.0 Å². The molecule has 3 unspecified atom stereocenters. The van der Waals surface area contributed by atoms with Crippen LogP contribution in [0.2, 0.25) is 0 Å². The second kappa shape index (κ2) is 3.98. The summed E-state index contributed by atoms with van der Waals surface area (Å²) >= 11 is 0. The minimum Gasteiger partial charge on any atom is -0.481 e. The van der Waals surface area contributed by atoms with Crippen molar-refractivity contribution < 1.29 is 14.7 Å². The van der Waals surface area contributed by atoms with Crippen LogP contribution in [0, 0.1) is 5.92 Å². The van der Waals surface area contributed by atoms with Crippen molar-refractivity contribution in [1.29, 1.82) is 0 Å². The lowest BCUT2D eigenvalue weighted by Gasteiger charge is -2.29. The number of amides is 1. The Hall–Kier alpha value is -1.06. The Morgan fingerprint density at radius 2 is 2.29 bits per heavy atom. The lowest BCUT2D eigenvalue weighted by atomic mass is 10.0. The van der Waals surface area contributed by atoms with Crippen molar-refractivity contribution >= 4 is 11.9 Å². The fraction of sp³-hybridized carbons (Fsp3) is 0.800. The van der Waals surface area contributed by atoms with Crippen LogP contribution in [0.15, 0.2) is 0 Å². The quantitative estimate of drug-likeness (QED) is 0.740. The van der Waals surface area contributed by atoms with E-state index < -0.39 is 11.9 Å². The number of carbonyl (C=O) groups is 2. The van der Waals surface area contributed by atoms with E-state index in [9.17, 15) is 9.59 Å². The summed E-state index contributed by atoms with van der Waals surface area (Å²) < 4.78 is 0. The number of carboxylic acids is 1. The molecule has 0 aromatic carbocycles. The van der Waals surface area contributed by atoms with Gasteiger partial charge in [0.15, 0.2) is 0 Å². The van der Waals surface area contributed by atoms with E-state index in [1.165, 1.54) is 0 Å². The fourth-order valence-electron chi connectivity index (χ4n) is 2.02. The third kappa shape index (κ3) is 1.74. The van der Waals surface area contributed by atoms with Gasteiger partial charge in [-0.25, -0.2) is 0 Å². The largest absolute Gasteiger partial charge is 0.481 e. The highest BCUT2D eigenvalue weighted by Crippen LogP contribution is 2.28. The number of carbonyl (C=O) groups excluding carboxylic acids is 1. The highest BCUT2D eigenvalue weighted by atomic mass is 16.4. The molecule has 0 bridgehead atoms. The molecule has 1 fully saturated rings. The fourth-order valence-corrected chi connectivity index (χ4v) is 2.02. The monoisotopic (exact) mass is 199 g/mol. The summed E-state index contributed by atoms with van der Waals surface area (Å²) in [6.07, 6.45) is 1.02. The molecule has 0 aliphatic carbocycles. The minimum absolute atomic E-state index is 0.0285. The summed E-state index contributed by atoms with van der Waals surface area (Å²) in [5.41, 5.74) is 0. The van der Waals surface area contributed by atoms with Crippen molar-refractivity contribution in [1.82, 2.24) is 4.90 Å². The first kappa shape index (κ1) is 11.0. The maximum atomic E-state index is 11.6. The summed E-state index contributed by atoms with van der Waals surface area (Å²) in [4.78, 5) is 24.1. The molecule has 1 aliphatic heterocycles. The topological polar surface area (TPSA) is 57.6 Å². The normalized spacial score (nSPS) is 29.4. The zero-order chi connectivity index (χ0) is 10.9. The molecule has 4 heteroatoms. The van der Waals surface area contributed by atoms with Gasteiger partial charge in [0.05, 0.1) is 5.92 Å². The van der Waals surface area contributed by atoms with Gasteiger partial charge in [-0.1, -0.05) is 6.92 Å². The lowest BCUT2D eigenvalue weighted by Crippen LogP contribution is -2.40. The van der Waals surface area contributed by atoms with E-state index >= 15 is 0 Å². The highest BCUT2D eigenvalue weighted by molar-refractivity contribution is 5.87. The van der Waals surface area contributed by atoms with E-state index in [-0.39, 0.29) is 24.4 Å². The van der Waals surface area contributed by atoms with Crippen LogP contribution < -0.4 is 0 Å². The van der Waals surface area contributed by atoms with Crippen LogP contribution in [0.25, 0.3) is 0 Å². The Bertz CT molecular complexity index is 252. The van der Waals surface area contributed by atoms with Crippen LogP contribution >= 0.6 is 0 Å². The van der Waals surface area contributed by atoms with Crippen molar-refractivity contribution in [3.63, 3.8) is 0 Å². The maximum absolute atomic E-state index is 11.6. The molecule has 80 valence electrons. The van der Waals surface area contributed by atoms with Crippen LogP contribution in [0.4, 0.5) is 0 Å². The van der Waals surface area contributed by atoms with Crippen LogP contribution in [0.3, 0.4) is 0 Å². The van der Waals surface area contributed by atoms with Gasteiger partial charge in [0.2, 0.25) is 5.91 Å². The number of hydrogen-bond acceptors (Lipinski definition) is 2. The molecule has 1 rings (SSSR count). The lowest BCUT2D eigenvalue weighted by molar-refractivity contribution is -0.142. The molecule has 0 radical (unpaired) electrons. The van der Waals surface area contributed by atoms with E-state index in [1.807, 2.05) is 20.8 Å². The van der Waals surface area contributed by atoms with Crippen molar-refractivity contribution in [2.75, 3.05) is 0 Å². The smallest absolute Gasteiger partial charge is 0.309 e. The molecular weight excluding hydrogens is 182 g/mol. The Kier molecular flexibility index (Phi) is 3.13. The first-order valence-corrected chi connectivity index (χ1v) is 5.03. The molecule has 1 aliphatic rings. The van der Waals surface area contributed by atoms with Gasteiger partial charge in [0, 0.05) is 18.5 Å². The Morgan fingerprint density at radius 1 is 1.71 bits per heavy atom. The van der Waals surface area contributed by atoms with Crippen LogP contribution in [-0.2, 0) is 9.59 Å². The van der Waals surface area contributed by atoms with Gasteiger partial charge in [-0.15, -0.1) is 0 Å². The zero-order valence-corrected chi connectivity index (χ0v) is 8.86. The van der Waals surface area contributed by atoms with Gasteiger partial charge in [0.1, 0.15) is 0 Å². The summed E-state index contributed by atoms with van der Waals surface area (Å²) in [5, 5.41) is 8.89. The van der Waals surface area contributed by atoms with Crippen LogP contribution in [0.1, 0.15) is 33.6 Å². The molecule has 1 amide bonds. The molecule has 0 aromatic heterocycles. The Balaban J connectivity index is 2.80. The predicted octanol–water partition coefficient (Wildman–Crippen LogP) is 1.11.